The Morgan fingerprint density at radius 3 is 2.45 bits per heavy atom. The van der Waals surface area contributed by atoms with E-state index >= 15 is 0 Å². The van der Waals surface area contributed by atoms with Crippen LogP contribution in [0.25, 0.3) is 0 Å². The second kappa shape index (κ2) is 5.62. The van der Waals surface area contributed by atoms with E-state index in [-0.39, 0.29) is 23.8 Å². The molecule has 1 aliphatic rings. The van der Waals surface area contributed by atoms with Gasteiger partial charge in [-0.3, -0.25) is 4.79 Å². The highest BCUT2D eigenvalue weighted by atomic mass is 32.3. The van der Waals surface area contributed by atoms with Gasteiger partial charge in [0.1, 0.15) is 0 Å². The van der Waals surface area contributed by atoms with Crippen molar-refractivity contribution < 1.29 is 25.5 Å². The second-order valence-corrected chi connectivity index (χ2v) is 8.93. The quantitative estimate of drug-likeness (QED) is 0.758. The first-order valence-corrected chi connectivity index (χ1v) is 9.95. The molecule has 2 rings (SSSR count). The SMILES string of the molecule is Cc1ccc(S(C)(=O)=O)cc1N1CC(CS(=O)(=O)F)CC1=O. The molecule has 1 heterocycles. The Morgan fingerprint density at radius 1 is 1.27 bits per heavy atom. The molecule has 6 nitrogen and oxygen atoms in total. The van der Waals surface area contributed by atoms with Crippen LogP contribution in [-0.4, -0.2) is 41.3 Å². The lowest BCUT2D eigenvalue weighted by Gasteiger charge is -2.19. The third-order valence-corrected chi connectivity index (χ3v) is 5.52. The largest absolute Gasteiger partial charge is 0.312 e. The molecule has 1 unspecified atom stereocenters. The Morgan fingerprint density at radius 2 is 1.91 bits per heavy atom. The normalized spacial score (nSPS) is 19.7. The van der Waals surface area contributed by atoms with Crippen molar-refractivity contribution in [3.63, 3.8) is 0 Å². The molecule has 1 aliphatic heterocycles. The molecular weight excluding hydrogens is 333 g/mol. The average Bonchev–Trinajstić information content (AvgIpc) is 2.66. The molecule has 0 aromatic heterocycles. The third-order valence-electron chi connectivity index (χ3n) is 3.54. The van der Waals surface area contributed by atoms with Crippen molar-refractivity contribution in [2.45, 2.75) is 18.2 Å². The number of aryl methyl sites for hydroxylation is 1. The van der Waals surface area contributed by atoms with Crippen molar-refractivity contribution in [1.29, 1.82) is 0 Å². The Balaban J connectivity index is 2.34. The van der Waals surface area contributed by atoms with Crippen LogP contribution in [0.3, 0.4) is 0 Å². The zero-order chi connectivity index (χ0) is 16.7. The second-order valence-electron chi connectivity index (χ2n) is 5.50. The minimum absolute atomic E-state index is 0.0516. The fraction of sp³-hybridized carbons (Fsp3) is 0.462. The number of nitrogens with zero attached hydrogens (tertiary/aromatic N) is 1. The number of benzene rings is 1. The zero-order valence-electron chi connectivity index (χ0n) is 12.1. The molecular formula is C13H16FNO5S2. The maximum absolute atomic E-state index is 12.8. The summed E-state index contributed by atoms with van der Waals surface area (Å²) < 4.78 is 57.4. The molecule has 0 bridgehead atoms. The molecule has 0 spiro atoms. The van der Waals surface area contributed by atoms with Crippen LogP contribution in [0.5, 0.6) is 0 Å². The van der Waals surface area contributed by atoms with Gasteiger partial charge < -0.3 is 4.90 Å². The number of hydrogen-bond donors (Lipinski definition) is 0. The van der Waals surface area contributed by atoms with Gasteiger partial charge in [0, 0.05) is 30.8 Å². The summed E-state index contributed by atoms with van der Waals surface area (Å²) in [4.78, 5) is 13.4. The maximum Gasteiger partial charge on any atom is 0.302 e. The predicted molar refractivity (Wildman–Crippen MR) is 79.6 cm³/mol. The summed E-state index contributed by atoms with van der Waals surface area (Å²) in [6, 6.07) is 4.41. The number of rotatable bonds is 4. The maximum atomic E-state index is 12.8. The van der Waals surface area contributed by atoms with Crippen LogP contribution in [-0.2, 0) is 24.9 Å². The standard InChI is InChI=1S/C13H16FNO5S2/c1-9-3-4-11(21(2,17)18)6-12(9)15-7-10(5-13(15)16)8-22(14,19)20/h3-4,6,10H,5,7-8H2,1-2H3. The molecule has 9 heteroatoms. The van der Waals surface area contributed by atoms with Gasteiger partial charge in [0.25, 0.3) is 0 Å². The number of carbonyl (C=O) groups excluding carboxylic acids is 1. The van der Waals surface area contributed by atoms with Gasteiger partial charge in [-0.1, -0.05) is 6.07 Å². The highest BCUT2D eigenvalue weighted by Crippen LogP contribution is 2.30. The summed E-state index contributed by atoms with van der Waals surface area (Å²) in [7, 11) is -8.08. The topological polar surface area (TPSA) is 88.6 Å². The number of sulfone groups is 1. The van der Waals surface area contributed by atoms with E-state index in [9.17, 15) is 25.5 Å². The van der Waals surface area contributed by atoms with E-state index in [1.165, 1.54) is 17.0 Å². The van der Waals surface area contributed by atoms with Crippen LogP contribution in [0.15, 0.2) is 23.1 Å². The van der Waals surface area contributed by atoms with E-state index in [2.05, 4.69) is 0 Å². The van der Waals surface area contributed by atoms with Crippen LogP contribution in [0, 0.1) is 12.8 Å². The molecule has 1 fully saturated rings. The highest BCUT2D eigenvalue weighted by molar-refractivity contribution is 7.90. The van der Waals surface area contributed by atoms with Crippen molar-refractivity contribution in [1.82, 2.24) is 0 Å². The first kappa shape index (κ1) is 16.9. The number of halogens is 1. The molecule has 22 heavy (non-hydrogen) atoms. The van der Waals surface area contributed by atoms with Crippen molar-refractivity contribution in [3.8, 4) is 0 Å². The van der Waals surface area contributed by atoms with Crippen LogP contribution in [0.2, 0.25) is 0 Å². The Labute approximate surface area is 129 Å². The first-order valence-electron chi connectivity index (χ1n) is 6.51. The molecule has 122 valence electrons. The highest BCUT2D eigenvalue weighted by Gasteiger charge is 2.34. The molecule has 1 amide bonds. The van der Waals surface area contributed by atoms with Gasteiger partial charge in [0.15, 0.2) is 9.84 Å². The number of amides is 1. The molecule has 0 aliphatic carbocycles. The smallest absolute Gasteiger partial charge is 0.302 e. The van der Waals surface area contributed by atoms with Crippen LogP contribution >= 0.6 is 0 Å². The Hall–Kier alpha value is -1.48. The van der Waals surface area contributed by atoms with E-state index in [0.29, 0.717) is 11.3 Å². The Kier molecular flexibility index (Phi) is 4.31. The Bertz CT molecular complexity index is 817. The van der Waals surface area contributed by atoms with E-state index in [0.717, 1.165) is 6.26 Å². The monoisotopic (exact) mass is 349 g/mol. The van der Waals surface area contributed by atoms with Gasteiger partial charge in [-0.05, 0) is 24.6 Å². The van der Waals surface area contributed by atoms with Crippen LogP contribution < -0.4 is 4.90 Å². The molecule has 1 aromatic carbocycles. The lowest BCUT2D eigenvalue weighted by atomic mass is 10.1. The summed E-state index contributed by atoms with van der Waals surface area (Å²) in [6.45, 7) is 1.77. The van der Waals surface area contributed by atoms with E-state index < -0.39 is 31.7 Å². The lowest BCUT2D eigenvalue weighted by Crippen LogP contribution is -2.26. The summed E-state index contributed by atoms with van der Waals surface area (Å²) in [5, 5.41) is 0. The first-order chi connectivity index (χ1) is 9.97. The third kappa shape index (κ3) is 3.83. The molecule has 0 radical (unpaired) electrons. The van der Waals surface area contributed by atoms with E-state index in [1.807, 2.05) is 0 Å². The minimum Gasteiger partial charge on any atom is -0.312 e. The predicted octanol–water partition coefficient (Wildman–Crippen LogP) is 1.05. The van der Waals surface area contributed by atoms with Gasteiger partial charge in [-0.15, -0.1) is 3.89 Å². The number of anilines is 1. The summed E-state index contributed by atoms with van der Waals surface area (Å²) in [6.07, 6.45) is 0.984. The van der Waals surface area contributed by atoms with Crippen molar-refractivity contribution >= 4 is 31.7 Å². The average molecular weight is 349 g/mol. The van der Waals surface area contributed by atoms with E-state index in [1.54, 1.807) is 13.0 Å². The van der Waals surface area contributed by atoms with Gasteiger partial charge >= 0.3 is 10.2 Å². The van der Waals surface area contributed by atoms with Crippen LogP contribution in [0.1, 0.15) is 12.0 Å². The molecule has 0 N–H and O–H groups in total. The molecule has 1 aromatic rings. The molecule has 0 saturated carbocycles. The van der Waals surface area contributed by atoms with Gasteiger partial charge in [0.05, 0.1) is 10.6 Å². The van der Waals surface area contributed by atoms with E-state index in [4.69, 9.17) is 0 Å². The van der Waals surface area contributed by atoms with Gasteiger partial charge in [-0.25, -0.2) is 8.42 Å². The molecule has 1 saturated heterocycles. The minimum atomic E-state index is -4.65. The summed E-state index contributed by atoms with van der Waals surface area (Å²) >= 11 is 0. The lowest BCUT2D eigenvalue weighted by molar-refractivity contribution is -0.117. The fourth-order valence-electron chi connectivity index (χ4n) is 2.52. The number of carbonyl (C=O) groups is 1. The zero-order valence-corrected chi connectivity index (χ0v) is 13.7. The van der Waals surface area contributed by atoms with Crippen molar-refractivity contribution in [3.05, 3.63) is 23.8 Å². The van der Waals surface area contributed by atoms with Gasteiger partial charge in [0.2, 0.25) is 5.91 Å². The molecule has 1 atom stereocenters. The van der Waals surface area contributed by atoms with Crippen LogP contribution in [0.4, 0.5) is 9.57 Å². The van der Waals surface area contributed by atoms with Crippen molar-refractivity contribution in [2.75, 3.05) is 23.5 Å². The summed E-state index contributed by atoms with van der Waals surface area (Å²) in [5.74, 6) is -1.69. The van der Waals surface area contributed by atoms with Gasteiger partial charge in [-0.2, -0.15) is 8.42 Å². The summed E-state index contributed by atoms with van der Waals surface area (Å²) in [5.41, 5.74) is 1.09. The number of hydrogen-bond acceptors (Lipinski definition) is 5. The fourth-order valence-corrected chi connectivity index (χ4v) is 3.95. The van der Waals surface area contributed by atoms with Crippen molar-refractivity contribution in [2.24, 2.45) is 5.92 Å².